The molecule has 1 heterocycles. The normalized spacial score (nSPS) is 15.5. The van der Waals surface area contributed by atoms with E-state index in [4.69, 9.17) is 0 Å². The number of Topliss-reactive ketones (excluding diaryl/α,β-unsaturated/α-hetero) is 1. The largest absolute Gasteiger partial charge is 0.507 e. The number of nitrogens with zero attached hydrogens (tertiary/aromatic N) is 2. The molecule has 1 fully saturated rings. The van der Waals surface area contributed by atoms with Crippen molar-refractivity contribution >= 4 is 21.7 Å². The molecular weight excluding hydrogens is 368 g/mol. The molecule has 1 N–H and O–H groups in total. The molecule has 0 radical (unpaired) electrons. The number of carbonyl (C=O) groups excluding carboxylic acids is 2. The number of aromatic hydroxyl groups is 1. The van der Waals surface area contributed by atoms with E-state index >= 15 is 0 Å². The van der Waals surface area contributed by atoms with Gasteiger partial charge in [-0.3, -0.25) is 9.59 Å². The molecule has 2 aromatic carbocycles. The van der Waals surface area contributed by atoms with Crippen LogP contribution in [0.3, 0.4) is 0 Å². The van der Waals surface area contributed by atoms with Crippen molar-refractivity contribution in [3.8, 4) is 5.75 Å². The fourth-order valence-corrected chi connectivity index (χ4v) is 4.45. The molecular formula is C19H20N2O5S. The highest BCUT2D eigenvalue weighted by atomic mass is 32.2. The number of phenols is 1. The molecule has 0 saturated carbocycles. The first-order chi connectivity index (χ1) is 12.8. The average Bonchev–Trinajstić information content (AvgIpc) is 2.68. The smallest absolute Gasteiger partial charge is 0.257 e. The lowest BCUT2D eigenvalue weighted by molar-refractivity contribution is 0.0694. The third-order valence-corrected chi connectivity index (χ3v) is 6.43. The van der Waals surface area contributed by atoms with Gasteiger partial charge >= 0.3 is 0 Å². The van der Waals surface area contributed by atoms with Gasteiger partial charge in [-0.15, -0.1) is 0 Å². The Morgan fingerprint density at radius 2 is 1.63 bits per heavy atom. The summed E-state index contributed by atoms with van der Waals surface area (Å²) >= 11 is 0. The van der Waals surface area contributed by atoms with Gasteiger partial charge in [0.1, 0.15) is 5.75 Å². The number of hydrogen-bond acceptors (Lipinski definition) is 5. The van der Waals surface area contributed by atoms with Crippen LogP contribution < -0.4 is 0 Å². The fourth-order valence-electron chi connectivity index (χ4n) is 2.98. The highest BCUT2D eigenvalue weighted by Gasteiger charge is 2.31. The van der Waals surface area contributed by atoms with Crippen LogP contribution in [-0.4, -0.2) is 60.6 Å². The van der Waals surface area contributed by atoms with E-state index in [9.17, 15) is 23.1 Å². The van der Waals surface area contributed by atoms with Crippen LogP contribution in [0.15, 0.2) is 53.4 Å². The van der Waals surface area contributed by atoms with Gasteiger partial charge in [-0.1, -0.05) is 24.3 Å². The van der Waals surface area contributed by atoms with Gasteiger partial charge in [-0.25, -0.2) is 8.42 Å². The summed E-state index contributed by atoms with van der Waals surface area (Å²) < 4.78 is 27.0. The summed E-state index contributed by atoms with van der Waals surface area (Å²) in [5, 5.41) is 9.83. The topological polar surface area (TPSA) is 95.0 Å². The molecule has 2 aromatic rings. The van der Waals surface area contributed by atoms with Crippen molar-refractivity contribution in [1.82, 2.24) is 9.21 Å². The Morgan fingerprint density at radius 3 is 2.26 bits per heavy atom. The quantitative estimate of drug-likeness (QED) is 0.805. The van der Waals surface area contributed by atoms with Gasteiger partial charge in [-0.2, -0.15) is 4.31 Å². The van der Waals surface area contributed by atoms with Crippen LogP contribution in [0.25, 0.3) is 0 Å². The Balaban J connectivity index is 1.73. The maximum Gasteiger partial charge on any atom is 0.257 e. The first-order valence-corrected chi connectivity index (χ1v) is 9.93. The van der Waals surface area contributed by atoms with Gasteiger partial charge in [0.2, 0.25) is 10.0 Å². The van der Waals surface area contributed by atoms with Crippen LogP contribution >= 0.6 is 0 Å². The number of para-hydroxylation sites is 1. The summed E-state index contributed by atoms with van der Waals surface area (Å²) in [6.07, 6.45) is 0. The maximum absolute atomic E-state index is 12.8. The molecule has 1 saturated heterocycles. The molecule has 0 atom stereocenters. The summed E-state index contributed by atoms with van der Waals surface area (Å²) in [7, 11) is -3.75. The molecule has 0 spiro atoms. The van der Waals surface area contributed by atoms with Crippen molar-refractivity contribution in [3.05, 3.63) is 59.7 Å². The van der Waals surface area contributed by atoms with Crippen LogP contribution in [0.2, 0.25) is 0 Å². The average molecular weight is 388 g/mol. The monoisotopic (exact) mass is 388 g/mol. The molecule has 0 unspecified atom stereocenters. The molecule has 7 nitrogen and oxygen atoms in total. The Kier molecular flexibility index (Phi) is 5.29. The summed E-state index contributed by atoms with van der Waals surface area (Å²) in [4.78, 5) is 25.6. The first kappa shape index (κ1) is 19.1. The zero-order valence-corrected chi connectivity index (χ0v) is 15.6. The highest BCUT2D eigenvalue weighted by molar-refractivity contribution is 7.89. The van der Waals surface area contributed by atoms with Crippen molar-refractivity contribution in [2.45, 2.75) is 11.8 Å². The molecule has 1 amide bonds. The molecule has 27 heavy (non-hydrogen) atoms. The lowest BCUT2D eigenvalue weighted by Gasteiger charge is -2.34. The van der Waals surface area contributed by atoms with Crippen LogP contribution in [0.5, 0.6) is 5.75 Å². The van der Waals surface area contributed by atoms with E-state index in [1.165, 1.54) is 40.4 Å². The molecule has 1 aliphatic rings. The Bertz CT molecular complexity index is 979. The zero-order valence-electron chi connectivity index (χ0n) is 14.8. The number of rotatable bonds is 4. The number of phenolic OH excluding ortho intramolecular Hbond substituents is 1. The van der Waals surface area contributed by atoms with E-state index in [0.717, 1.165) is 0 Å². The molecule has 0 aliphatic carbocycles. The minimum atomic E-state index is -3.75. The van der Waals surface area contributed by atoms with Crippen molar-refractivity contribution in [1.29, 1.82) is 0 Å². The minimum Gasteiger partial charge on any atom is -0.507 e. The van der Waals surface area contributed by atoms with E-state index in [2.05, 4.69) is 0 Å². The number of carbonyl (C=O) groups is 2. The number of ketones is 1. The number of benzene rings is 2. The van der Waals surface area contributed by atoms with Gasteiger partial charge in [0.15, 0.2) is 5.78 Å². The van der Waals surface area contributed by atoms with E-state index in [1.54, 1.807) is 24.3 Å². The van der Waals surface area contributed by atoms with E-state index in [1.807, 2.05) is 0 Å². The van der Waals surface area contributed by atoms with E-state index in [0.29, 0.717) is 5.56 Å². The third-order valence-electron chi connectivity index (χ3n) is 4.54. The Morgan fingerprint density at radius 1 is 0.963 bits per heavy atom. The van der Waals surface area contributed by atoms with E-state index < -0.39 is 10.0 Å². The number of hydrogen-bond donors (Lipinski definition) is 1. The first-order valence-electron chi connectivity index (χ1n) is 8.49. The highest BCUT2D eigenvalue weighted by Crippen LogP contribution is 2.22. The van der Waals surface area contributed by atoms with Crippen molar-refractivity contribution in [2.24, 2.45) is 0 Å². The SMILES string of the molecule is CC(=O)c1cccc(S(=O)(=O)N2CCN(C(=O)c3ccccc3O)CC2)c1. The predicted molar refractivity (Wildman–Crippen MR) is 99.2 cm³/mol. The summed E-state index contributed by atoms with van der Waals surface area (Å²) in [6.45, 7) is 2.12. The van der Waals surface area contributed by atoms with Crippen LogP contribution in [0.4, 0.5) is 0 Å². The molecule has 0 aromatic heterocycles. The summed E-state index contributed by atoms with van der Waals surface area (Å²) in [5.74, 6) is -0.632. The van der Waals surface area contributed by atoms with E-state index in [-0.39, 0.29) is 54.1 Å². The van der Waals surface area contributed by atoms with Gasteiger partial charge in [0.05, 0.1) is 10.5 Å². The number of sulfonamides is 1. The second kappa shape index (κ2) is 7.50. The van der Waals surface area contributed by atoms with Gasteiger partial charge in [0.25, 0.3) is 5.91 Å². The van der Waals surface area contributed by atoms with Crippen LogP contribution in [0.1, 0.15) is 27.6 Å². The number of piperazine rings is 1. The maximum atomic E-state index is 12.8. The van der Waals surface area contributed by atoms with Gasteiger partial charge in [0, 0.05) is 31.7 Å². The third kappa shape index (κ3) is 3.86. The lowest BCUT2D eigenvalue weighted by Crippen LogP contribution is -2.50. The summed E-state index contributed by atoms with van der Waals surface area (Å²) in [6, 6.07) is 12.2. The molecule has 142 valence electrons. The van der Waals surface area contributed by atoms with Crippen molar-refractivity contribution in [3.63, 3.8) is 0 Å². The zero-order chi connectivity index (χ0) is 19.6. The fraction of sp³-hybridized carbons (Fsp3) is 0.263. The number of amides is 1. The second-order valence-electron chi connectivity index (χ2n) is 6.30. The van der Waals surface area contributed by atoms with Crippen LogP contribution in [-0.2, 0) is 10.0 Å². The van der Waals surface area contributed by atoms with Gasteiger partial charge < -0.3 is 10.0 Å². The minimum absolute atomic E-state index is 0.0654. The van der Waals surface area contributed by atoms with Crippen molar-refractivity contribution in [2.75, 3.05) is 26.2 Å². The van der Waals surface area contributed by atoms with Crippen molar-refractivity contribution < 1.29 is 23.1 Å². The standard InChI is InChI=1S/C19H20N2O5S/c1-14(22)15-5-4-6-16(13-15)27(25,26)21-11-9-20(10-12-21)19(24)17-7-2-3-8-18(17)23/h2-8,13,23H,9-12H2,1H3. The summed E-state index contributed by atoms with van der Waals surface area (Å²) in [5.41, 5.74) is 0.535. The van der Waals surface area contributed by atoms with Gasteiger partial charge in [-0.05, 0) is 31.2 Å². The Labute approximate surface area is 157 Å². The second-order valence-corrected chi connectivity index (χ2v) is 8.24. The van der Waals surface area contributed by atoms with Crippen LogP contribution in [0, 0.1) is 0 Å². The lowest BCUT2D eigenvalue weighted by atomic mass is 10.1. The Hall–Kier alpha value is -2.71. The molecule has 0 bridgehead atoms. The molecule has 8 heteroatoms. The molecule has 3 rings (SSSR count). The predicted octanol–water partition coefficient (Wildman–Crippen LogP) is 1.74. The molecule has 1 aliphatic heterocycles.